The average molecular weight is 744 g/mol. The van der Waals surface area contributed by atoms with Crippen LogP contribution in [0.25, 0.3) is 72.6 Å². The summed E-state index contributed by atoms with van der Waals surface area (Å²) in [6, 6.07) is 30.0. The maximum atomic E-state index is 12.2. The second kappa shape index (κ2) is 12.7. The molecule has 1 N–H and O–H groups in total. The number of hydrogen-bond acceptors (Lipinski definition) is 5. The Bertz CT molecular complexity index is 2780. The molecule has 4 aromatic heterocycles. The van der Waals surface area contributed by atoms with Gasteiger partial charge < -0.3 is 13.9 Å². The fourth-order valence-corrected chi connectivity index (χ4v) is 7.68. The highest BCUT2D eigenvalue weighted by atomic mass is 16.3. The van der Waals surface area contributed by atoms with Crippen LogP contribution >= 0.6 is 0 Å². The van der Waals surface area contributed by atoms with Gasteiger partial charge in [0.1, 0.15) is 22.8 Å². The van der Waals surface area contributed by atoms with Crippen molar-refractivity contribution in [3.63, 3.8) is 0 Å². The number of benzene rings is 4. The molecule has 4 heterocycles. The molecule has 0 saturated carbocycles. The zero-order chi connectivity index (χ0) is 40.1. The third-order valence-electron chi connectivity index (χ3n) is 11.1. The summed E-state index contributed by atoms with van der Waals surface area (Å²) in [6.07, 6.45) is 3.37. The first-order valence-electron chi connectivity index (χ1n) is 19.6. The summed E-state index contributed by atoms with van der Waals surface area (Å²) in [5.74, 6) is 0.955. The molecular weight excluding hydrogens is 691 g/mol. The molecule has 0 bridgehead atoms. The van der Waals surface area contributed by atoms with E-state index in [0.29, 0.717) is 17.0 Å². The Labute approximate surface area is 330 Å². The van der Waals surface area contributed by atoms with Gasteiger partial charge in [0.15, 0.2) is 11.2 Å². The van der Waals surface area contributed by atoms with Gasteiger partial charge in [-0.3, -0.25) is 4.57 Å². The zero-order valence-electron chi connectivity index (χ0n) is 34.8. The van der Waals surface area contributed by atoms with E-state index >= 15 is 0 Å². The van der Waals surface area contributed by atoms with Gasteiger partial charge in [-0.25, -0.2) is 9.97 Å². The normalized spacial score (nSPS) is 13.1. The van der Waals surface area contributed by atoms with Gasteiger partial charge in [0, 0.05) is 28.4 Å². The Kier molecular flexibility index (Phi) is 8.46. The molecule has 8 aromatic rings. The second-order valence-corrected chi connectivity index (χ2v) is 19.5. The van der Waals surface area contributed by atoms with Crippen molar-refractivity contribution in [1.29, 1.82) is 0 Å². The summed E-state index contributed by atoms with van der Waals surface area (Å²) in [6.45, 7) is 26.5. The molecule has 0 aliphatic carbocycles. The van der Waals surface area contributed by atoms with Gasteiger partial charge in [0.25, 0.3) is 0 Å². The highest BCUT2D eigenvalue weighted by molar-refractivity contribution is 6.06. The average Bonchev–Trinajstić information content (AvgIpc) is 3.88. The number of aromatic hydroxyl groups is 1. The molecule has 0 unspecified atom stereocenters. The first-order chi connectivity index (χ1) is 26.2. The predicted octanol–water partition coefficient (Wildman–Crippen LogP) is 13.8. The minimum Gasteiger partial charge on any atom is -0.507 e. The van der Waals surface area contributed by atoms with Crippen molar-refractivity contribution in [3.05, 3.63) is 120 Å². The monoisotopic (exact) mass is 743 g/mol. The number of fused-ring (bicyclic) bond motifs is 4. The highest BCUT2D eigenvalue weighted by Crippen LogP contribution is 2.45. The molecule has 4 aromatic carbocycles. The van der Waals surface area contributed by atoms with Crippen LogP contribution in [0.15, 0.2) is 106 Å². The third kappa shape index (κ3) is 6.39. The SMILES string of the molecule is CC(C)(C)c1ccc(-n2c(-c3cc(C(C)(C)C)cc(C(C)(C)C)c3O)nc3c(-c4cc(-c5nc6ccoc6c6ccoc56)cc(C(C)(C)C)c4)cccc32)cc1. The number of imidazole rings is 1. The van der Waals surface area contributed by atoms with Crippen LogP contribution in [0.5, 0.6) is 5.75 Å². The van der Waals surface area contributed by atoms with Crippen LogP contribution in [0.4, 0.5) is 0 Å². The number of hydrogen-bond donors (Lipinski definition) is 1. The van der Waals surface area contributed by atoms with Crippen molar-refractivity contribution < 1.29 is 13.9 Å². The molecule has 0 atom stereocenters. The van der Waals surface area contributed by atoms with E-state index < -0.39 is 0 Å². The standard InChI is InChI=1S/C50H53N3O3/c1-47(2,3)31-16-18-34(19-17-31)53-40-15-13-14-35(42(40)52-46(53)37-27-33(49(7,8)9)28-38(43(37)54)50(10,11)12)29-24-30(26-32(25-29)48(4,5)6)41-45-36(20-22-56-45)44-39(51-41)21-23-55-44/h13-28,54H,1-12H3. The van der Waals surface area contributed by atoms with E-state index in [2.05, 4.69) is 160 Å². The van der Waals surface area contributed by atoms with Crippen LogP contribution in [-0.2, 0) is 21.7 Å². The predicted molar refractivity (Wildman–Crippen MR) is 231 cm³/mol. The van der Waals surface area contributed by atoms with Crippen molar-refractivity contribution in [2.24, 2.45) is 0 Å². The molecule has 56 heavy (non-hydrogen) atoms. The Balaban J connectivity index is 1.44. The molecule has 6 nitrogen and oxygen atoms in total. The van der Waals surface area contributed by atoms with Crippen molar-refractivity contribution in [3.8, 4) is 45.2 Å². The van der Waals surface area contributed by atoms with Crippen molar-refractivity contribution in [1.82, 2.24) is 14.5 Å². The summed E-state index contributed by atoms with van der Waals surface area (Å²) < 4.78 is 14.1. The lowest BCUT2D eigenvalue weighted by molar-refractivity contribution is 0.446. The van der Waals surface area contributed by atoms with Crippen LogP contribution in [0, 0.1) is 0 Å². The van der Waals surface area contributed by atoms with E-state index in [0.717, 1.165) is 66.7 Å². The lowest BCUT2D eigenvalue weighted by Gasteiger charge is -2.27. The molecule has 0 saturated heterocycles. The largest absolute Gasteiger partial charge is 0.507 e. The maximum Gasteiger partial charge on any atom is 0.163 e. The summed E-state index contributed by atoms with van der Waals surface area (Å²) >= 11 is 0. The molecule has 0 aliphatic rings. The molecule has 6 heteroatoms. The summed E-state index contributed by atoms with van der Waals surface area (Å²) in [5.41, 5.74) is 13.3. The number of nitrogens with zero attached hydrogens (tertiary/aromatic N) is 3. The zero-order valence-corrected chi connectivity index (χ0v) is 34.8. The third-order valence-corrected chi connectivity index (χ3v) is 11.1. The van der Waals surface area contributed by atoms with E-state index in [4.69, 9.17) is 18.8 Å². The lowest BCUT2D eigenvalue weighted by atomic mass is 9.79. The molecule has 8 rings (SSSR count). The second-order valence-electron chi connectivity index (χ2n) is 19.5. The van der Waals surface area contributed by atoms with E-state index in [1.165, 1.54) is 11.1 Å². The van der Waals surface area contributed by atoms with E-state index in [1.807, 2.05) is 12.1 Å². The highest BCUT2D eigenvalue weighted by Gasteiger charge is 2.29. The first-order valence-corrected chi connectivity index (χ1v) is 19.6. The molecule has 0 fully saturated rings. The van der Waals surface area contributed by atoms with Crippen LogP contribution in [-0.4, -0.2) is 19.6 Å². The minimum absolute atomic E-state index is 0.000450. The van der Waals surface area contributed by atoms with Gasteiger partial charge in [-0.2, -0.15) is 0 Å². The van der Waals surface area contributed by atoms with Gasteiger partial charge >= 0.3 is 0 Å². The maximum absolute atomic E-state index is 12.2. The first kappa shape index (κ1) is 37.3. The minimum atomic E-state index is -0.298. The lowest BCUT2D eigenvalue weighted by Crippen LogP contribution is -2.17. The van der Waals surface area contributed by atoms with Gasteiger partial charge in [-0.05, 0) is 86.4 Å². The van der Waals surface area contributed by atoms with E-state index in [1.54, 1.807) is 12.5 Å². The topological polar surface area (TPSA) is 77.2 Å². The number of rotatable bonds is 4. The van der Waals surface area contributed by atoms with E-state index in [9.17, 15) is 5.11 Å². The fourth-order valence-electron chi connectivity index (χ4n) is 7.68. The van der Waals surface area contributed by atoms with Gasteiger partial charge in [0.05, 0.1) is 34.5 Å². The number of phenolic OH excluding ortho intramolecular Hbond substituents is 1. The summed E-state index contributed by atoms with van der Waals surface area (Å²) in [7, 11) is 0. The van der Waals surface area contributed by atoms with Gasteiger partial charge in [-0.15, -0.1) is 0 Å². The Morgan fingerprint density at radius 3 is 1.84 bits per heavy atom. The van der Waals surface area contributed by atoms with Crippen LogP contribution < -0.4 is 0 Å². The molecule has 286 valence electrons. The number of para-hydroxylation sites is 1. The Morgan fingerprint density at radius 2 is 1.18 bits per heavy atom. The van der Waals surface area contributed by atoms with E-state index in [-0.39, 0.29) is 27.4 Å². The number of furan rings is 2. The van der Waals surface area contributed by atoms with Crippen LogP contribution in [0.1, 0.15) is 105 Å². The fraction of sp³-hybridized carbons (Fsp3) is 0.320. The van der Waals surface area contributed by atoms with Crippen molar-refractivity contribution in [2.75, 3.05) is 0 Å². The molecule has 0 spiro atoms. The van der Waals surface area contributed by atoms with Crippen LogP contribution in [0.2, 0.25) is 0 Å². The smallest absolute Gasteiger partial charge is 0.163 e. The molecule has 0 radical (unpaired) electrons. The number of pyridine rings is 1. The van der Waals surface area contributed by atoms with Crippen molar-refractivity contribution >= 4 is 33.1 Å². The number of aromatic nitrogens is 3. The molecule has 0 aliphatic heterocycles. The van der Waals surface area contributed by atoms with Crippen molar-refractivity contribution in [2.45, 2.75) is 105 Å². The van der Waals surface area contributed by atoms with Gasteiger partial charge in [0.2, 0.25) is 0 Å². The summed E-state index contributed by atoms with van der Waals surface area (Å²) in [5, 5.41) is 13.1. The summed E-state index contributed by atoms with van der Waals surface area (Å²) in [4.78, 5) is 10.6. The molecule has 0 amide bonds. The van der Waals surface area contributed by atoms with Gasteiger partial charge in [-0.1, -0.05) is 119 Å². The van der Waals surface area contributed by atoms with Crippen LogP contribution in [0.3, 0.4) is 0 Å². The quantitative estimate of drug-likeness (QED) is 0.194. The Morgan fingerprint density at radius 1 is 0.554 bits per heavy atom. The molecular formula is C50H53N3O3. The Hall–Kier alpha value is -5.62. The number of phenols is 1.